The van der Waals surface area contributed by atoms with Gasteiger partial charge in [-0.15, -0.1) is 11.8 Å². The molecule has 3 rings (SSSR count). The van der Waals surface area contributed by atoms with E-state index >= 15 is 0 Å². The van der Waals surface area contributed by atoms with Gasteiger partial charge < -0.3 is 10.3 Å². The Labute approximate surface area is 110 Å². The van der Waals surface area contributed by atoms with E-state index in [-0.39, 0.29) is 11.3 Å². The van der Waals surface area contributed by atoms with Gasteiger partial charge in [-0.2, -0.15) is 4.98 Å². The van der Waals surface area contributed by atoms with Crippen LogP contribution in [0.2, 0.25) is 0 Å². The Hall–Kier alpha value is -1.33. The molecule has 0 amide bonds. The van der Waals surface area contributed by atoms with E-state index < -0.39 is 0 Å². The molecule has 0 radical (unpaired) electrons. The van der Waals surface area contributed by atoms with Crippen LogP contribution in [0.5, 0.6) is 0 Å². The highest BCUT2D eigenvalue weighted by Crippen LogP contribution is 2.45. The summed E-state index contributed by atoms with van der Waals surface area (Å²) in [6, 6.07) is 8.28. The molecule has 1 aromatic carbocycles. The summed E-state index contributed by atoms with van der Waals surface area (Å²) < 4.78 is 5.34. The second kappa shape index (κ2) is 4.74. The first-order valence-corrected chi connectivity index (χ1v) is 6.99. The monoisotopic (exact) mass is 261 g/mol. The van der Waals surface area contributed by atoms with Gasteiger partial charge in [0.15, 0.2) is 5.82 Å². The van der Waals surface area contributed by atoms with Gasteiger partial charge in [-0.1, -0.05) is 30.3 Å². The van der Waals surface area contributed by atoms with Crippen LogP contribution in [0, 0.1) is 0 Å². The fourth-order valence-electron chi connectivity index (χ4n) is 2.03. The molecule has 5 heteroatoms. The van der Waals surface area contributed by atoms with Gasteiger partial charge in [0, 0.05) is 4.90 Å². The molecule has 0 saturated heterocycles. The number of fused-ring (bicyclic) bond motifs is 1. The molecular formula is C13H15N3OS. The molecule has 1 aromatic heterocycles. The highest BCUT2D eigenvalue weighted by molar-refractivity contribution is 7.99. The molecule has 2 N–H and O–H groups in total. The number of nitrogens with zero attached hydrogens (tertiary/aromatic N) is 2. The number of aromatic nitrogens is 2. The molecule has 94 valence electrons. The maximum absolute atomic E-state index is 5.90. The number of rotatable bonds is 3. The highest BCUT2D eigenvalue weighted by atomic mass is 32.2. The lowest BCUT2D eigenvalue weighted by Gasteiger charge is -2.01. The normalized spacial score (nSPS) is 19.8. The van der Waals surface area contributed by atoms with Crippen molar-refractivity contribution in [3.63, 3.8) is 0 Å². The summed E-state index contributed by atoms with van der Waals surface area (Å²) in [5.74, 6) is 1.30. The van der Waals surface area contributed by atoms with Gasteiger partial charge >= 0.3 is 0 Å². The number of benzene rings is 1. The maximum atomic E-state index is 5.90. The van der Waals surface area contributed by atoms with Gasteiger partial charge in [-0.05, 0) is 24.5 Å². The van der Waals surface area contributed by atoms with E-state index in [1.807, 2.05) is 6.92 Å². The number of hydrogen-bond acceptors (Lipinski definition) is 5. The van der Waals surface area contributed by atoms with Gasteiger partial charge in [0.05, 0.1) is 11.3 Å². The van der Waals surface area contributed by atoms with Crippen LogP contribution in [0.15, 0.2) is 33.7 Å². The Balaban J connectivity index is 1.80. The summed E-state index contributed by atoms with van der Waals surface area (Å²) in [4.78, 5) is 5.73. The molecule has 2 atom stereocenters. The van der Waals surface area contributed by atoms with E-state index in [4.69, 9.17) is 10.3 Å². The van der Waals surface area contributed by atoms with Crippen molar-refractivity contribution >= 4 is 11.8 Å². The van der Waals surface area contributed by atoms with Gasteiger partial charge in [0.2, 0.25) is 5.89 Å². The van der Waals surface area contributed by atoms with Crippen molar-refractivity contribution in [2.24, 2.45) is 5.73 Å². The number of nitrogens with two attached hydrogens (primary N) is 1. The van der Waals surface area contributed by atoms with E-state index in [0.29, 0.717) is 11.7 Å². The molecule has 0 spiro atoms. The largest absolute Gasteiger partial charge is 0.338 e. The molecule has 0 saturated carbocycles. The Kier molecular flexibility index (Phi) is 3.09. The zero-order chi connectivity index (χ0) is 12.5. The van der Waals surface area contributed by atoms with Crippen LogP contribution in [0.1, 0.15) is 41.9 Å². The van der Waals surface area contributed by atoms with E-state index in [0.717, 1.165) is 12.8 Å². The summed E-state index contributed by atoms with van der Waals surface area (Å²) in [6.45, 7) is 2.01. The minimum Gasteiger partial charge on any atom is -0.338 e. The number of hydrogen-bond donors (Lipinski definition) is 1. The second-order valence-corrected chi connectivity index (χ2v) is 5.67. The van der Waals surface area contributed by atoms with Crippen LogP contribution in [-0.4, -0.2) is 10.1 Å². The first kappa shape index (κ1) is 11.7. The van der Waals surface area contributed by atoms with Crippen LogP contribution >= 0.6 is 11.8 Å². The van der Waals surface area contributed by atoms with Crippen molar-refractivity contribution < 1.29 is 4.52 Å². The van der Waals surface area contributed by atoms with Gasteiger partial charge in [-0.25, -0.2) is 0 Å². The molecule has 2 aromatic rings. The maximum Gasteiger partial charge on any atom is 0.240 e. The van der Waals surface area contributed by atoms with E-state index in [1.54, 1.807) is 11.8 Å². The smallest absolute Gasteiger partial charge is 0.240 e. The summed E-state index contributed by atoms with van der Waals surface area (Å²) in [7, 11) is 0. The predicted octanol–water partition coefficient (Wildman–Crippen LogP) is 2.87. The lowest BCUT2D eigenvalue weighted by Crippen LogP contribution is -2.10. The molecular weight excluding hydrogens is 246 g/mol. The van der Waals surface area contributed by atoms with E-state index in [1.165, 1.54) is 10.5 Å². The lowest BCUT2D eigenvalue weighted by molar-refractivity contribution is 0.368. The molecule has 1 aliphatic heterocycles. The third kappa shape index (κ3) is 2.04. The summed E-state index contributed by atoms with van der Waals surface area (Å²) >= 11 is 1.78. The Morgan fingerprint density at radius 3 is 3.11 bits per heavy atom. The Bertz CT molecular complexity index is 530. The van der Waals surface area contributed by atoms with Crippen molar-refractivity contribution in [3.8, 4) is 0 Å². The topological polar surface area (TPSA) is 64.9 Å². The molecule has 0 fully saturated rings. The van der Waals surface area contributed by atoms with Gasteiger partial charge in [0.1, 0.15) is 0 Å². The fourth-order valence-corrected chi connectivity index (χ4v) is 3.26. The molecule has 4 nitrogen and oxygen atoms in total. The minimum atomic E-state index is -0.128. The molecule has 2 heterocycles. The summed E-state index contributed by atoms with van der Waals surface area (Å²) in [5.41, 5.74) is 7.25. The minimum absolute atomic E-state index is 0.128. The quantitative estimate of drug-likeness (QED) is 0.920. The average molecular weight is 261 g/mol. The van der Waals surface area contributed by atoms with Crippen molar-refractivity contribution in [1.29, 1.82) is 0 Å². The Morgan fingerprint density at radius 1 is 1.50 bits per heavy atom. The molecule has 1 aliphatic rings. The van der Waals surface area contributed by atoms with Gasteiger partial charge in [0.25, 0.3) is 0 Å². The van der Waals surface area contributed by atoms with Crippen LogP contribution in [0.25, 0.3) is 0 Å². The van der Waals surface area contributed by atoms with E-state index in [9.17, 15) is 0 Å². The predicted molar refractivity (Wildman–Crippen MR) is 70.3 cm³/mol. The third-order valence-corrected chi connectivity index (χ3v) is 4.46. The first-order chi connectivity index (χ1) is 8.78. The first-order valence-electron chi connectivity index (χ1n) is 6.11. The lowest BCUT2D eigenvalue weighted by atomic mass is 10.1. The van der Waals surface area contributed by atoms with Crippen LogP contribution < -0.4 is 5.73 Å². The van der Waals surface area contributed by atoms with Gasteiger partial charge in [-0.3, -0.25) is 0 Å². The number of thioether (sulfide) groups is 1. The zero-order valence-electron chi connectivity index (χ0n) is 10.2. The van der Waals surface area contributed by atoms with Crippen LogP contribution in [-0.2, 0) is 6.42 Å². The Morgan fingerprint density at radius 2 is 2.33 bits per heavy atom. The van der Waals surface area contributed by atoms with E-state index in [2.05, 4.69) is 34.4 Å². The zero-order valence-corrected chi connectivity index (χ0v) is 11.0. The second-order valence-electron chi connectivity index (χ2n) is 4.42. The van der Waals surface area contributed by atoms with Crippen molar-refractivity contribution in [3.05, 3.63) is 41.5 Å². The van der Waals surface area contributed by atoms with Crippen molar-refractivity contribution in [1.82, 2.24) is 10.1 Å². The summed E-state index contributed by atoms with van der Waals surface area (Å²) in [5, 5.41) is 4.20. The summed E-state index contributed by atoms with van der Waals surface area (Å²) in [6.07, 6.45) is 1.76. The molecule has 18 heavy (non-hydrogen) atoms. The van der Waals surface area contributed by atoms with Crippen molar-refractivity contribution in [2.75, 3.05) is 0 Å². The standard InChI is InChI=1S/C13H15N3OS/c1-2-9(14)12-15-13(17-16-12)11-7-8-5-3-4-6-10(8)18-11/h3-6,9,11H,2,7,14H2,1H3. The van der Waals surface area contributed by atoms with Crippen molar-refractivity contribution in [2.45, 2.75) is 36.0 Å². The van der Waals surface area contributed by atoms with Crippen LogP contribution in [0.3, 0.4) is 0 Å². The SMILES string of the molecule is CCC(N)c1noc(C2Cc3ccccc3S2)n1. The molecule has 0 bridgehead atoms. The third-order valence-electron chi connectivity index (χ3n) is 3.15. The average Bonchev–Trinajstić information content (AvgIpc) is 3.03. The molecule has 0 aliphatic carbocycles. The highest BCUT2D eigenvalue weighted by Gasteiger charge is 2.28. The fraction of sp³-hybridized carbons (Fsp3) is 0.385. The van der Waals surface area contributed by atoms with Crippen LogP contribution in [0.4, 0.5) is 0 Å². The molecule has 2 unspecified atom stereocenters.